The van der Waals surface area contributed by atoms with Gasteiger partial charge in [-0.1, -0.05) is 30.3 Å². The molecule has 29 heavy (non-hydrogen) atoms. The standard InChI is InChI=1S/C21H25NO6S/c1-26-17-13-16(14-18(27-2)20(17)28-3)21(23)22-10-9-19(29(24,25)12-11-22)15-7-5-4-6-8-15/h4-8,13-14,19H,9-12H2,1-3H3. The lowest BCUT2D eigenvalue weighted by Crippen LogP contribution is -2.33. The number of carbonyl (C=O) groups is 1. The molecule has 1 fully saturated rings. The van der Waals surface area contributed by atoms with Crippen molar-refractivity contribution in [2.24, 2.45) is 0 Å². The van der Waals surface area contributed by atoms with Crippen molar-refractivity contribution in [3.8, 4) is 17.2 Å². The van der Waals surface area contributed by atoms with Crippen LogP contribution >= 0.6 is 0 Å². The summed E-state index contributed by atoms with van der Waals surface area (Å²) in [6.07, 6.45) is 0.350. The molecule has 0 bridgehead atoms. The number of hydrogen-bond donors (Lipinski definition) is 0. The number of ether oxygens (including phenoxy) is 3. The summed E-state index contributed by atoms with van der Waals surface area (Å²) in [5.41, 5.74) is 1.12. The van der Waals surface area contributed by atoms with Crippen molar-refractivity contribution in [3.05, 3.63) is 53.6 Å². The maximum atomic E-state index is 13.1. The Morgan fingerprint density at radius 1 is 0.966 bits per heavy atom. The summed E-state index contributed by atoms with van der Waals surface area (Å²) < 4.78 is 41.5. The monoisotopic (exact) mass is 419 g/mol. The summed E-state index contributed by atoms with van der Waals surface area (Å²) in [4.78, 5) is 14.7. The molecule has 8 heteroatoms. The molecule has 1 heterocycles. The Labute approximate surface area is 171 Å². The Hall–Kier alpha value is -2.74. The van der Waals surface area contributed by atoms with E-state index in [1.165, 1.54) is 21.3 Å². The molecule has 156 valence electrons. The van der Waals surface area contributed by atoms with Crippen molar-refractivity contribution in [2.75, 3.05) is 40.2 Å². The van der Waals surface area contributed by atoms with Crippen LogP contribution in [0.2, 0.25) is 0 Å². The Morgan fingerprint density at radius 3 is 2.14 bits per heavy atom. The molecule has 0 radical (unpaired) electrons. The first-order valence-corrected chi connectivity index (χ1v) is 11.0. The maximum Gasteiger partial charge on any atom is 0.254 e. The van der Waals surface area contributed by atoms with Gasteiger partial charge in [-0.15, -0.1) is 0 Å². The molecule has 1 aliphatic rings. The molecule has 0 aromatic heterocycles. The fraction of sp³-hybridized carbons (Fsp3) is 0.381. The summed E-state index contributed by atoms with van der Waals surface area (Å²) in [5.74, 6) is 0.796. The van der Waals surface area contributed by atoms with Crippen molar-refractivity contribution in [1.82, 2.24) is 4.90 Å². The molecule has 0 N–H and O–H groups in total. The van der Waals surface area contributed by atoms with Gasteiger partial charge in [0.25, 0.3) is 5.91 Å². The van der Waals surface area contributed by atoms with Crippen LogP contribution in [0.1, 0.15) is 27.6 Å². The second kappa shape index (κ2) is 8.73. The van der Waals surface area contributed by atoms with Crippen LogP contribution < -0.4 is 14.2 Å². The molecule has 2 aromatic rings. The number of nitrogens with zero attached hydrogens (tertiary/aromatic N) is 1. The quantitative estimate of drug-likeness (QED) is 0.741. The van der Waals surface area contributed by atoms with E-state index in [1.807, 2.05) is 30.3 Å². The maximum absolute atomic E-state index is 13.1. The van der Waals surface area contributed by atoms with Crippen LogP contribution in [0.3, 0.4) is 0 Å². The van der Waals surface area contributed by atoms with Crippen LogP contribution in [0.15, 0.2) is 42.5 Å². The van der Waals surface area contributed by atoms with E-state index >= 15 is 0 Å². The summed E-state index contributed by atoms with van der Waals surface area (Å²) >= 11 is 0. The number of carbonyl (C=O) groups excluding carboxylic acids is 1. The highest BCUT2D eigenvalue weighted by molar-refractivity contribution is 7.91. The van der Waals surface area contributed by atoms with Crippen LogP contribution in [0.4, 0.5) is 0 Å². The van der Waals surface area contributed by atoms with Gasteiger partial charge in [0, 0.05) is 18.7 Å². The zero-order valence-electron chi connectivity index (χ0n) is 16.8. The second-order valence-electron chi connectivity index (χ2n) is 6.76. The molecule has 0 aliphatic carbocycles. The minimum atomic E-state index is -3.36. The van der Waals surface area contributed by atoms with Gasteiger partial charge in [0.1, 0.15) is 0 Å². The first kappa shape index (κ1) is 21.0. The molecule has 1 saturated heterocycles. The lowest BCUT2D eigenvalue weighted by Gasteiger charge is -2.21. The van der Waals surface area contributed by atoms with Gasteiger partial charge in [0.05, 0.1) is 32.3 Å². The van der Waals surface area contributed by atoms with Crippen LogP contribution in [-0.2, 0) is 9.84 Å². The molecular weight excluding hydrogens is 394 g/mol. The van der Waals surface area contributed by atoms with Gasteiger partial charge in [0.2, 0.25) is 5.75 Å². The van der Waals surface area contributed by atoms with Crippen molar-refractivity contribution < 1.29 is 27.4 Å². The van der Waals surface area contributed by atoms with E-state index < -0.39 is 15.1 Å². The first-order chi connectivity index (χ1) is 13.9. The van der Waals surface area contributed by atoms with Gasteiger partial charge in [-0.25, -0.2) is 8.42 Å². The summed E-state index contributed by atoms with van der Waals surface area (Å²) in [5, 5.41) is -0.610. The highest BCUT2D eigenvalue weighted by Crippen LogP contribution is 2.38. The number of sulfone groups is 1. The number of hydrogen-bond acceptors (Lipinski definition) is 6. The Kier molecular flexibility index (Phi) is 6.32. The fourth-order valence-corrected chi connectivity index (χ4v) is 5.37. The van der Waals surface area contributed by atoms with Crippen molar-refractivity contribution in [2.45, 2.75) is 11.7 Å². The zero-order valence-corrected chi connectivity index (χ0v) is 17.6. The fourth-order valence-electron chi connectivity index (χ4n) is 3.58. The number of amides is 1. The first-order valence-electron chi connectivity index (χ1n) is 9.27. The largest absolute Gasteiger partial charge is 0.493 e. The van der Waals surface area contributed by atoms with E-state index in [9.17, 15) is 13.2 Å². The van der Waals surface area contributed by atoms with E-state index in [1.54, 1.807) is 17.0 Å². The molecule has 1 aliphatic heterocycles. The summed E-state index contributed by atoms with van der Waals surface area (Å²) in [7, 11) is 1.09. The van der Waals surface area contributed by atoms with Crippen LogP contribution in [-0.4, -0.2) is 59.4 Å². The third-order valence-corrected chi connectivity index (χ3v) is 7.24. The molecule has 1 atom stereocenters. The number of benzene rings is 2. The van der Waals surface area contributed by atoms with E-state index in [0.29, 0.717) is 35.8 Å². The smallest absolute Gasteiger partial charge is 0.254 e. The third kappa shape index (κ3) is 4.32. The predicted molar refractivity (Wildman–Crippen MR) is 110 cm³/mol. The SMILES string of the molecule is COc1cc(C(=O)N2CCC(c3ccccc3)S(=O)(=O)CC2)cc(OC)c1OC. The van der Waals surface area contributed by atoms with Crippen LogP contribution in [0, 0.1) is 0 Å². The van der Waals surface area contributed by atoms with E-state index in [2.05, 4.69) is 0 Å². The molecule has 2 aromatic carbocycles. The molecule has 0 saturated carbocycles. The summed E-state index contributed by atoms with van der Waals surface area (Å²) in [6.45, 7) is 0.482. The topological polar surface area (TPSA) is 82.1 Å². The lowest BCUT2D eigenvalue weighted by atomic mass is 10.1. The summed E-state index contributed by atoms with van der Waals surface area (Å²) in [6, 6.07) is 12.3. The number of rotatable bonds is 5. The van der Waals surface area contributed by atoms with Crippen molar-refractivity contribution >= 4 is 15.7 Å². The van der Waals surface area contributed by atoms with Crippen LogP contribution in [0.25, 0.3) is 0 Å². The predicted octanol–water partition coefficient (Wildman–Crippen LogP) is 2.71. The van der Waals surface area contributed by atoms with Gasteiger partial charge < -0.3 is 19.1 Å². The zero-order chi connectivity index (χ0) is 21.0. The molecular formula is C21H25NO6S. The average molecular weight is 419 g/mol. The van der Waals surface area contributed by atoms with Gasteiger partial charge in [0.15, 0.2) is 21.3 Å². The Balaban J connectivity index is 1.88. The second-order valence-corrected chi connectivity index (χ2v) is 9.06. The Morgan fingerprint density at radius 2 is 1.59 bits per heavy atom. The van der Waals surface area contributed by atoms with Gasteiger partial charge in [-0.05, 0) is 24.1 Å². The Bertz CT molecular complexity index is 949. The number of methoxy groups -OCH3 is 3. The molecule has 1 unspecified atom stereocenters. The molecule has 7 nitrogen and oxygen atoms in total. The van der Waals surface area contributed by atoms with Gasteiger partial charge in [-0.3, -0.25) is 4.79 Å². The lowest BCUT2D eigenvalue weighted by molar-refractivity contribution is 0.0765. The highest BCUT2D eigenvalue weighted by atomic mass is 32.2. The minimum Gasteiger partial charge on any atom is -0.493 e. The highest BCUT2D eigenvalue weighted by Gasteiger charge is 2.33. The third-order valence-electron chi connectivity index (χ3n) is 5.11. The molecule has 1 amide bonds. The minimum absolute atomic E-state index is 0.0806. The van der Waals surface area contributed by atoms with Crippen LogP contribution in [0.5, 0.6) is 17.2 Å². The molecule has 0 spiro atoms. The average Bonchev–Trinajstić information content (AvgIpc) is 2.90. The van der Waals surface area contributed by atoms with Crippen molar-refractivity contribution in [1.29, 1.82) is 0 Å². The van der Waals surface area contributed by atoms with E-state index in [0.717, 1.165) is 5.56 Å². The van der Waals surface area contributed by atoms with E-state index in [-0.39, 0.29) is 18.2 Å². The van der Waals surface area contributed by atoms with Gasteiger partial charge in [-0.2, -0.15) is 0 Å². The normalized spacial score (nSPS) is 18.6. The van der Waals surface area contributed by atoms with Crippen molar-refractivity contribution in [3.63, 3.8) is 0 Å². The van der Waals surface area contributed by atoms with E-state index in [4.69, 9.17) is 14.2 Å². The van der Waals surface area contributed by atoms with Gasteiger partial charge >= 0.3 is 0 Å². The molecule has 3 rings (SSSR count).